The van der Waals surface area contributed by atoms with E-state index in [4.69, 9.17) is 9.47 Å². The number of nitrogens with zero attached hydrogens (tertiary/aromatic N) is 2. The fourth-order valence-corrected chi connectivity index (χ4v) is 4.25. The number of anilines is 1. The molecule has 0 atom stereocenters. The van der Waals surface area contributed by atoms with Crippen LogP contribution in [0, 0.1) is 24.7 Å². The van der Waals surface area contributed by atoms with Gasteiger partial charge in [-0.05, 0) is 67.1 Å². The molecule has 0 bridgehead atoms. The SMILES string of the molecule is Cc1cc(C#Cc2ccccc2)cnc1N1Cc2ccc(OCC3CCOCC3)cc2C1=O. The van der Waals surface area contributed by atoms with Crippen molar-refractivity contribution in [2.45, 2.75) is 26.3 Å². The first-order chi connectivity index (χ1) is 16.2. The van der Waals surface area contributed by atoms with Gasteiger partial charge in [-0.1, -0.05) is 36.1 Å². The number of aromatic nitrogens is 1. The average molecular weight is 439 g/mol. The van der Waals surface area contributed by atoms with Crippen LogP contribution in [0.5, 0.6) is 5.75 Å². The van der Waals surface area contributed by atoms with Crippen LogP contribution < -0.4 is 9.64 Å². The molecular weight excluding hydrogens is 412 g/mol. The van der Waals surface area contributed by atoms with Gasteiger partial charge in [0.1, 0.15) is 11.6 Å². The standard InChI is InChI=1S/C28H26N2O3/c1-20-15-23(8-7-21-5-3-2-4-6-21)17-29-27(20)30-18-24-9-10-25(16-26(24)28(30)31)33-19-22-11-13-32-14-12-22/h2-6,9-10,15-17,22H,11-14,18-19H2,1H3. The minimum atomic E-state index is -0.0414. The molecule has 0 saturated carbocycles. The van der Waals surface area contributed by atoms with Crippen molar-refractivity contribution in [1.29, 1.82) is 0 Å². The molecule has 3 aromatic rings. The summed E-state index contributed by atoms with van der Waals surface area (Å²) < 4.78 is 11.4. The molecule has 0 radical (unpaired) electrons. The molecule has 33 heavy (non-hydrogen) atoms. The predicted molar refractivity (Wildman–Crippen MR) is 127 cm³/mol. The monoisotopic (exact) mass is 438 g/mol. The van der Waals surface area contributed by atoms with Gasteiger partial charge in [0.05, 0.1) is 13.2 Å². The Morgan fingerprint density at radius 3 is 2.64 bits per heavy atom. The lowest BCUT2D eigenvalue weighted by Crippen LogP contribution is -2.25. The molecule has 2 aromatic carbocycles. The zero-order chi connectivity index (χ0) is 22.6. The van der Waals surface area contributed by atoms with Crippen molar-refractivity contribution < 1.29 is 14.3 Å². The van der Waals surface area contributed by atoms with Gasteiger partial charge in [0.2, 0.25) is 0 Å². The van der Waals surface area contributed by atoms with Crippen LogP contribution in [0.3, 0.4) is 0 Å². The number of hydrogen-bond acceptors (Lipinski definition) is 4. The maximum Gasteiger partial charge on any atom is 0.260 e. The summed E-state index contributed by atoms with van der Waals surface area (Å²) in [4.78, 5) is 19.5. The Kier molecular flexibility index (Phi) is 6.10. The largest absolute Gasteiger partial charge is 0.493 e. The zero-order valence-corrected chi connectivity index (χ0v) is 18.7. The predicted octanol–water partition coefficient (Wildman–Crippen LogP) is 4.76. The molecule has 1 aromatic heterocycles. The van der Waals surface area contributed by atoms with E-state index in [0.29, 0.717) is 30.5 Å². The summed E-state index contributed by atoms with van der Waals surface area (Å²) in [6.45, 7) is 4.74. The summed E-state index contributed by atoms with van der Waals surface area (Å²) in [5.74, 6) is 8.19. The zero-order valence-electron chi connectivity index (χ0n) is 18.7. The molecule has 0 aliphatic carbocycles. The van der Waals surface area contributed by atoms with Crippen LogP contribution >= 0.6 is 0 Å². The van der Waals surface area contributed by atoms with Crippen molar-refractivity contribution >= 4 is 11.7 Å². The first kappa shape index (κ1) is 21.2. The molecule has 0 spiro atoms. The lowest BCUT2D eigenvalue weighted by molar-refractivity contribution is 0.0497. The van der Waals surface area contributed by atoms with Crippen molar-refractivity contribution in [2.75, 3.05) is 24.7 Å². The van der Waals surface area contributed by atoms with Crippen molar-refractivity contribution in [3.05, 3.63) is 88.6 Å². The highest BCUT2D eigenvalue weighted by Gasteiger charge is 2.30. The van der Waals surface area contributed by atoms with Gasteiger partial charge < -0.3 is 9.47 Å². The molecule has 5 nitrogen and oxygen atoms in total. The van der Waals surface area contributed by atoms with Gasteiger partial charge in [0.25, 0.3) is 5.91 Å². The Bertz CT molecular complexity index is 1220. The van der Waals surface area contributed by atoms with Crippen LogP contribution in [0.1, 0.15) is 45.5 Å². The number of ether oxygens (including phenoxy) is 2. The fraction of sp³-hybridized carbons (Fsp3) is 0.286. The van der Waals surface area contributed by atoms with Crippen molar-refractivity contribution in [2.24, 2.45) is 5.92 Å². The first-order valence-electron chi connectivity index (χ1n) is 11.4. The molecule has 2 aliphatic heterocycles. The summed E-state index contributed by atoms with van der Waals surface area (Å²) in [6.07, 6.45) is 3.78. The molecule has 0 unspecified atom stereocenters. The van der Waals surface area contributed by atoms with Crippen molar-refractivity contribution in [3.63, 3.8) is 0 Å². The van der Waals surface area contributed by atoms with Gasteiger partial charge in [0, 0.05) is 36.1 Å². The van der Waals surface area contributed by atoms with E-state index in [0.717, 1.165) is 54.1 Å². The second-order valence-corrected chi connectivity index (χ2v) is 8.56. The maximum absolute atomic E-state index is 13.2. The quantitative estimate of drug-likeness (QED) is 0.552. The van der Waals surface area contributed by atoms with Gasteiger partial charge in [-0.15, -0.1) is 0 Å². The summed E-state index contributed by atoms with van der Waals surface area (Å²) in [5, 5.41) is 0. The Morgan fingerprint density at radius 2 is 1.85 bits per heavy atom. The number of carbonyl (C=O) groups excluding carboxylic acids is 1. The van der Waals surface area contributed by atoms with Crippen LogP contribution in [0.2, 0.25) is 0 Å². The van der Waals surface area contributed by atoms with Crippen LogP contribution in [0.4, 0.5) is 5.82 Å². The lowest BCUT2D eigenvalue weighted by atomic mass is 10.0. The second kappa shape index (κ2) is 9.48. The van der Waals surface area contributed by atoms with Crippen LogP contribution in [0.15, 0.2) is 60.8 Å². The van der Waals surface area contributed by atoms with Crippen LogP contribution in [-0.2, 0) is 11.3 Å². The van der Waals surface area contributed by atoms with E-state index in [9.17, 15) is 4.79 Å². The third kappa shape index (κ3) is 4.76. The molecule has 5 rings (SSSR count). The molecule has 1 saturated heterocycles. The number of rotatable bonds is 4. The third-order valence-electron chi connectivity index (χ3n) is 6.14. The molecule has 5 heteroatoms. The smallest absolute Gasteiger partial charge is 0.260 e. The first-order valence-corrected chi connectivity index (χ1v) is 11.4. The van der Waals surface area contributed by atoms with Crippen LogP contribution in [0.25, 0.3) is 0 Å². The lowest BCUT2D eigenvalue weighted by Gasteiger charge is -2.22. The van der Waals surface area contributed by atoms with E-state index >= 15 is 0 Å². The topological polar surface area (TPSA) is 51.7 Å². The minimum absolute atomic E-state index is 0.0414. The number of aryl methyl sites for hydroxylation is 1. The van der Waals surface area contributed by atoms with Gasteiger partial charge in [-0.25, -0.2) is 4.98 Å². The molecule has 1 amide bonds. The summed E-state index contributed by atoms with van der Waals surface area (Å²) in [6, 6.07) is 17.6. The molecule has 166 valence electrons. The number of benzene rings is 2. The number of pyridine rings is 1. The molecular formula is C28H26N2O3. The Hall–Kier alpha value is -3.62. The third-order valence-corrected chi connectivity index (χ3v) is 6.14. The fourth-order valence-electron chi connectivity index (χ4n) is 4.25. The van der Waals surface area contributed by atoms with Crippen molar-refractivity contribution in [3.8, 4) is 17.6 Å². The van der Waals surface area contributed by atoms with Gasteiger partial charge in [0.15, 0.2) is 0 Å². The summed E-state index contributed by atoms with van der Waals surface area (Å²) in [5.41, 5.74) is 4.39. The van der Waals surface area contributed by atoms with E-state index in [-0.39, 0.29) is 5.91 Å². The van der Waals surface area contributed by atoms with E-state index in [2.05, 4.69) is 16.8 Å². The minimum Gasteiger partial charge on any atom is -0.493 e. The molecule has 0 N–H and O–H groups in total. The van der Waals surface area contributed by atoms with Gasteiger partial charge >= 0.3 is 0 Å². The van der Waals surface area contributed by atoms with Crippen molar-refractivity contribution in [1.82, 2.24) is 4.98 Å². The van der Waals surface area contributed by atoms with E-state index < -0.39 is 0 Å². The summed E-state index contributed by atoms with van der Waals surface area (Å²) >= 11 is 0. The second-order valence-electron chi connectivity index (χ2n) is 8.56. The van der Waals surface area contributed by atoms with E-state index in [1.54, 1.807) is 11.1 Å². The van der Waals surface area contributed by atoms with Crippen LogP contribution in [-0.4, -0.2) is 30.7 Å². The average Bonchev–Trinajstić information content (AvgIpc) is 3.18. The summed E-state index contributed by atoms with van der Waals surface area (Å²) in [7, 11) is 0. The Balaban J connectivity index is 1.29. The number of fused-ring (bicyclic) bond motifs is 1. The number of carbonyl (C=O) groups is 1. The molecule has 3 heterocycles. The van der Waals surface area contributed by atoms with Gasteiger partial charge in [-0.2, -0.15) is 0 Å². The van der Waals surface area contributed by atoms with E-state index in [1.165, 1.54) is 0 Å². The highest BCUT2D eigenvalue weighted by atomic mass is 16.5. The van der Waals surface area contributed by atoms with E-state index in [1.807, 2.05) is 61.5 Å². The Morgan fingerprint density at radius 1 is 1.06 bits per heavy atom. The highest BCUT2D eigenvalue weighted by molar-refractivity contribution is 6.10. The number of hydrogen-bond donors (Lipinski definition) is 0. The molecule has 1 fully saturated rings. The van der Waals surface area contributed by atoms with Gasteiger partial charge in [-0.3, -0.25) is 9.69 Å². The molecule has 2 aliphatic rings. The number of amides is 1. The maximum atomic E-state index is 13.2. The highest BCUT2D eigenvalue weighted by Crippen LogP contribution is 2.32. The normalized spacial score (nSPS) is 15.7. The Labute approximate surface area is 194 Å².